The van der Waals surface area contributed by atoms with Gasteiger partial charge < -0.3 is 10.3 Å². The van der Waals surface area contributed by atoms with E-state index >= 15 is 0 Å². The zero-order valence-corrected chi connectivity index (χ0v) is 13.6. The normalized spacial score (nSPS) is 16.4. The van der Waals surface area contributed by atoms with E-state index < -0.39 is 0 Å². The second-order valence-corrected chi connectivity index (χ2v) is 7.01. The molecule has 22 heavy (non-hydrogen) atoms. The number of Topliss-reactive ketones (excluding diaryl/α,β-unsaturated/α-hetero) is 1. The lowest BCUT2D eigenvalue weighted by Gasteiger charge is -2.28. The number of nitrogens with one attached hydrogen (secondary N) is 2. The smallest absolute Gasteiger partial charge is 0.167 e. The van der Waals surface area contributed by atoms with Gasteiger partial charge in [0.25, 0.3) is 0 Å². The van der Waals surface area contributed by atoms with Gasteiger partial charge in [-0.2, -0.15) is 0 Å². The maximum Gasteiger partial charge on any atom is 0.167 e. The maximum absolute atomic E-state index is 12.7. The third-order valence-electron chi connectivity index (χ3n) is 4.27. The third kappa shape index (κ3) is 2.80. The second-order valence-electron chi connectivity index (χ2n) is 7.01. The number of H-pyrrole nitrogens is 1. The number of carbonyl (C=O) groups excluding carboxylic acids is 1. The molecule has 3 nitrogen and oxygen atoms in total. The summed E-state index contributed by atoms with van der Waals surface area (Å²) in [7, 11) is 0. The van der Waals surface area contributed by atoms with Crippen LogP contribution in [0.3, 0.4) is 0 Å². The summed E-state index contributed by atoms with van der Waals surface area (Å²) < 4.78 is 0. The number of aromatic amines is 1. The van der Waals surface area contributed by atoms with E-state index in [1.165, 1.54) is 0 Å². The third-order valence-corrected chi connectivity index (χ3v) is 4.27. The van der Waals surface area contributed by atoms with Crippen LogP contribution >= 0.6 is 0 Å². The summed E-state index contributed by atoms with van der Waals surface area (Å²) in [6.45, 7) is 6.49. The van der Waals surface area contributed by atoms with E-state index in [0.29, 0.717) is 6.42 Å². The van der Waals surface area contributed by atoms with Crippen molar-refractivity contribution >= 4 is 17.2 Å². The Balaban J connectivity index is 2.04. The number of carbonyl (C=O) groups is 1. The number of fused-ring (bicyclic) bond motifs is 1. The van der Waals surface area contributed by atoms with Crippen LogP contribution in [-0.4, -0.2) is 10.8 Å². The average molecular weight is 296 g/mol. The Morgan fingerprint density at radius 3 is 2.59 bits per heavy atom. The highest BCUT2D eigenvalue weighted by atomic mass is 16.1. The van der Waals surface area contributed by atoms with E-state index in [9.17, 15) is 4.79 Å². The Morgan fingerprint density at radius 2 is 1.91 bits per heavy atom. The van der Waals surface area contributed by atoms with Crippen molar-refractivity contribution in [1.29, 1.82) is 0 Å². The molecule has 3 heteroatoms. The fourth-order valence-electron chi connectivity index (χ4n) is 3.35. The van der Waals surface area contributed by atoms with Crippen LogP contribution in [0.2, 0.25) is 0 Å². The first kappa shape index (κ1) is 14.9. The molecule has 2 aromatic rings. The highest BCUT2D eigenvalue weighted by Crippen LogP contribution is 2.40. The lowest BCUT2D eigenvalue weighted by Crippen LogP contribution is -2.26. The first-order valence-corrected chi connectivity index (χ1v) is 8.09. The molecule has 0 saturated carbocycles. The van der Waals surface area contributed by atoms with Gasteiger partial charge in [0.15, 0.2) is 5.78 Å². The van der Waals surface area contributed by atoms with Gasteiger partial charge in [-0.05, 0) is 30.4 Å². The number of anilines is 2. The van der Waals surface area contributed by atoms with Crippen molar-refractivity contribution in [2.75, 3.05) is 5.32 Å². The average Bonchev–Trinajstić information content (AvgIpc) is 2.76. The molecule has 0 unspecified atom stereocenters. The highest BCUT2D eigenvalue weighted by Gasteiger charge is 2.35. The van der Waals surface area contributed by atoms with Crippen LogP contribution in [0, 0.1) is 5.41 Å². The highest BCUT2D eigenvalue weighted by molar-refractivity contribution is 6.05. The maximum atomic E-state index is 12.7. The summed E-state index contributed by atoms with van der Waals surface area (Å²) in [5.41, 5.74) is 5.20. The standard InChI is InChI=1S/C19H24N2O/c1-4-8-14-18(20-13-9-6-5-7-10-13)17-15(21-14)11-19(2,3)12-16(17)22/h5-7,9-10,20-21H,4,8,11-12H2,1-3H3. The van der Waals surface area contributed by atoms with Crippen LogP contribution in [0.4, 0.5) is 11.4 Å². The molecule has 0 spiro atoms. The van der Waals surface area contributed by atoms with Crippen LogP contribution in [0.15, 0.2) is 30.3 Å². The number of ketones is 1. The van der Waals surface area contributed by atoms with E-state index in [2.05, 4.69) is 31.1 Å². The minimum atomic E-state index is 0.0441. The van der Waals surface area contributed by atoms with Gasteiger partial charge in [0.1, 0.15) is 0 Å². The molecule has 0 amide bonds. The molecule has 0 saturated heterocycles. The van der Waals surface area contributed by atoms with Crippen LogP contribution in [-0.2, 0) is 12.8 Å². The van der Waals surface area contributed by atoms with Crippen molar-refractivity contribution in [3.8, 4) is 0 Å². The van der Waals surface area contributed by atoms with Gasteiger partial charge in [-0.1, -0.05) is 45.4 Å². The first-order chi connectivity index (χ1) is 10.5. The summed E-state index contributed by atoms with van der Waals surface area (Å²) in [6.07, 6.45) is 3.56. The van der Waals surface area contributed by atoms with Crippen molar-refractivity contribution in [3.05, 3.63) is 47.3 Å². The lowest BCUT2D eigenvalue weighted by atomic mass is 9.76. The van der Waals surface area contributed by atoms with E-state index in [4.69, 9.17) is 0 Å². The van der Waals surface area contributed by atoms with Crippen LogP contribution in [0.5, 0.6) is 0 Å². The Hall–Kier alpha value is -2.03. The van der Waals surface area contributed by atoms with Crippen LogP contribution in [0.1, 0.15) is 55.4 Å². The number of rotatable bonds is 4. The predicted molar refractivity (Wildman–Crippen MR) is 90.9 cm³/mol. The molecule has 1 aliphatic carbocycles. The fraction of sp³-hybridized carbons (Fsp3) is 0.421. The summed E-state index contributed by atoms with van der Waals surface area (Å²) >= 11 is 0. The van der Waals surface area contributed by atoms with E-state index in [1.54, 1.807) is 0 Å². The number of aryl methyl sites for hydroxylation is 1. The van der Waals surface area contributed by atoms with E-state index in [-0.39, 0.29) is 11.2 Å². The largest absolute Gasteiger partial charge is 0.360 e. The quantitative estimate of drug-likeness (QED) is 0.845. The second kappa shape index (κ2) is 5.64. The molecular weight excluding hydrogens is 272 g/mol. The van der Waals surface area contributed by atoms with E-state index in [1.807, 2.05) is 30.3 Å². The van der Waals surface area contributed by atoms with Crippen molar-refractivity contribution in [2.45, 2.75) is 46.5 Å². The molecule has 1 heterocycles. The monoisotopic (exact) mass is 296 g/mol. The van der Waals surface area contributed by atoms with Crippen LogP contribution < -0.4 is 5.32 Å². The van der Waals surface area contributed by atoms with Crippen molar-refractivity contribution in [2.24, 2.45) is 5.41 Å². The Bertz CT molecular complexity index is 683. The van der Waals surface area contributed by atoms with E-state index in [0.717, 1.165) is 47.6 Å². The molecule has 0 aliphatic heterocycles. The molecule has 0 bridgehead atoms. The molecule has 0 fully saturated rings. The van der Waals surface area contributed by atoms with Gasteiger partial charge in [-0.3, -0.25) is 4.79 Å². The Morgan fingerprint density at radius 1 is 1.18 bits per heavy atom. The summed E-state index contributed by atoms with van der Waals surface area (Å²) in [4.78, 5) is 16.2. The van der Waals surface area contributed by atoms with Crippen LogP contribution in [0.25, 0.3) is 0 Å². The van der Waals surface area contributed by atoms with Crippen molar-refractivity contribution in [3.63, 3.8) is 0 Å². The number of hydrogen-bond acceptors (Lipinski definition) is 2. The molecule has 2 N–H and O–H groups in total. The molecular formula is C19H24N2O. The van der Waals surface area contributed by atoms with Gasteiger partial charge >= 0.3 is 0 Å². The van der Waals surface area contributed by atoms with Crippen molar-refractivity contribution < 1.29 is 4.79 Å². The SMILES string of the molecule is CCCc1[nH]c2c(c1Nc1ccccc1)C(=O)CC(C)(C)C2. The fourth-order valence-corrected chi connectivity index (χ4v) is 3.35. The van der Waals surface area contributed by atoms with Gasteiger partial charge in [0, 0.05) is 23.5 Å². The molecule has 0 radical (unpaired) electrons. The summed E-state index contributed by atoms with van der Waals surface area (Å²) in [6, 6.07) is 10.1. The molecule has 116 valence electrons. The first-order valence-electron chi connectivity index (χ1n) is 8.09. The molecule has 1 aliphatic rings. The topological polar surface area (TPSA) is 44.9 Å². The minimum absolute atomic E-state index is 0.0441. The van der Waals surface area contributed by atoms with Gasteiger partial charge in [0.2, 0.25) is 0 Å². The van der Waals surface area contributed by atoms with Gasteiger partial charge in [-0.25, -0.2) is 0 Å². The molecule has 3 rings (SSSR count). The zero-order chi connectivity index (χ0) is 15.7. The number of para-hydroxylation sites is 1. The minimum Gasteiger partial charge on any atom is -0.360 e. The number of hydrogen-bond donors (Lipinski definition) is 2. The van der Waals surface area contributed by atoms with Gasteiger partial charge in [0.05, 0.1) is 11.3 Å². The predicted octanol–water partition coefficient (Wildman–Crippen LogP) is 4.87. The number of benzene rings is 1. The molecule has 1 aromatic carbocycles. The summed E-state index contributed by atoms with van der Waals surface area (Å²) in [5, 5.41) is 3.47. The van der Waals surface area contributed by atoms with Gasteiger partial charge in [-0.15, -0.1) is 0 Å². The molecule has 1 aromatic heterocycles. The van der Waals surface area contributed by atoms with Crippen molar-refractivity contribution in [1.82, 2.24) is 4.98 Å². The Kier molecular flexibility index (Phi) is 3.81. The summed E-state index contributed by atoms with van der Waals surface area (Å²) in [5.74, 6) is 0.253. The molecule has 0 atom stereocenters. The lowest BCUT2D eigenvalue weighted by molar-refractivity contribution is 0.0912. The zero-order valence-electron chi connectivity index (χ0n) is 13.6. The number of aromatic nitrogens is 1. The Labute approximate surface area is 132 Å².